The molecule has 1 aromatic rings. The number of aliphatic hydroxyl groups excluding tert-OH is 1. The van der Waals surface area contributed by atoms with Gasteiger partial charge in [0.15, 0.2) is 11.6 Å². The van der Waals surface area contributed by atoms with Crippen molar-refractivity contribution >= 4 is 15.9 Å². The van der Waals surface area contributed by atoms with Crippen LogP contribution in [0.5, 0.6) is 5.75 Å². The van der Waals surface area contributed by atoms with Crippen LogP contribution >= 0.6 is 15.9 Å². The van der Waals surface area contributed by atoms with E-state index in [1.54, 1.807) is 6.07 Å². The van der Waals surface area contributed by atoms with Crippen molar-refractivity contribution in [1.82, 2.24) is 5.32 Å². The molecule has 16 heavy (non-hydrogen) atoms. The molecular formula is C11H15BrFNO2. The smallest absolute Gasteiger partial charge is 0.166 e. The van der Waals surface area contributed by atoms with Crippen LogP contribution in [0, 0.1) is 5.82 Å². The van der Waals surface area contributed by atoms with E-state index in [2.05, 4.69) is 21.2 Å². The van der Waals surface area contributed by atoms with Crippen LogP contribution < -0.4 is 5.32 Å². The van der Waals surface area contributed by atoms with Crippen molar-refractivity contribution in [2.75, 3.05) is 13.2 Å². The molecule has 3 nitrogen and oxygen atoms in total. The van der Waals surface area contributed by atoms with E-state index in [1.165, 1.54) is 6.07 Å². The zero-order valence-corrected chi connectivity index (χ0v) is 10.6. The van der Waals surface area contributed by atoms with Crippen LogP contribution in [0.3, 0.4) is 0 Å². The number of phenolic OH excluding ortho intramolecular Hbond substituents is 1. The van der Waals surface area contributed by atoms with Gasteiger partial charge in [-0.1, -0.05) is 15.9 Å². The third kappa shape index (κ3) is 3.43. The van der Waals surface area contributed by atoms with Gasteiger partial charge in [0.2, 0.25) is 0 Å². The van der Waals surface area contributed by atoms with E-state index < -0.39 is 5.82 Å². The van der Waals surface area contributed by atoms with Crippen molar-refractivity contribution in [1.29, 1.82) is 0 Å². The number of rotatable bonds is 5. The van der Waals surface area contributed by atoms with E-state index in [4.69, 9.17) is 5.11 Å². The number of nitrogens with one attached hydrogen (secondary N) is 1. The predicted octanol–water partition coefficient (Wildman–Crippen LogP) is 2.33. The van der Waals surface area contributed by atoms with Gasteiger partial charge in [0.1, 0.15) is 0 Å². The minimum absolute atomic E-state index is 0.110. The third-order valence-electron chi connectivity index (χ3n) is 2.31. The maximum Gasteiger partial charge on any atom is 0.166 e. The molecule has 0 amide bonds. The fourth-order valence-corrected chi connectivity index (χ4v) is 1.87. The Labute approximate surface area is 102 Å². The molecule has 0 saturated heterocycles. The maximum atomic E-state index is 13.2. The van der Waals surface area contributed by atoms with Crippen molar-refractivity contribution < 1.29 is 14.6 Å². The molecule has 3 N–H and O–H groups in total. The lowest BCUT2D eigenvalue weighted by molar-refractivity contribution is 0.283. The number of aliphatic hydroxyl groups is 1. The fraction of sp³-hybridized carbons (Fsp3) is 0.455. The highest BCUT2D eigenvalue weighted by Crippen LogP contribution is 2.30. The topological polar surface area (TPSA) is 52.5 Å². The van der Waals surface area contributed by atoms with Gasteiger partial charge in [-0.05, 0) is 32.0 Å². The van der Waals surface area contributed by atoms with Crippen molar-refractivity contribution in [3.8, 4) is 5.75 Å². The molecule has 1 atom stereocenters. The summed E-state index contributed by atoms with van der Waals surface area (Å²) >= 11 is 3.18. The van der Waals surface area contributed by atoms with E-state index in [-0.39, 0.29) is 18.4 Å². The van der Waals surface area contributed by atoms with Crippen molar-refractivity contribution in [3.05, 3.63) is 28.0 Å². The summed E-state index contributed by atoms with van der Waals surface area (Å²) in [6.07, 6.45) is 0.627. The van der Waals surface area contributed by atoms with Crippen LogP contribution in [0.2, 0.25) is 0 Å². The second kappa shape index (κ2) is 6.18. The first-order chi connectivity index (χ1) is 7.56. The van der Waals surface area contributed by atoms with Crippen molar-refractivity contribution in [3.63, 3.8) is 0 Å². The molecule has 0 radical (unpaired) electrons. The van der Waals surface area contributed by atoms with Crippen LogP contribution in [0.15, 0.2) is 16.6 Å². The summed E-state index contributed by atoms with van der Waals surface area (Å²) in [6.45, 7) is 2.56. The Kier molecular flexibility index (Phi) is 5.18. The van der Waals surface area contributed by atoms with Gasteiger partial charge in [0.25, 0.3) is 0 Å². The molecule has 0 heterocycles. The van der Waals surface area contributed by atoms with Crippen LogP contribution in [-0.2, 0) is 0 Å². The van der Waals surface area contributed by atoms with Gasteiger partial charge >= 0.3 is 0 Å². The monoisotopic (exact) mass is 291 g/mol. The second-order valence-electron chi connectivity index (χ2n) is 3.58. The standard InChI is InChI=1S/C11H15BrFNO2/c1-7(14-3-2-4-15)9-5-8(12)6-10(13)11(9)16/h5-7,14-16H,2-4H2,1H3. The van der Waals surface area contributed by atoms with Gasteiger partial charge in [-0.25, -0.2) is 4.39 Å². The molecule has 1 aromatic carbocycles. The number of aromatic hydroxyl groups is 1. The van der Waals surface area contributed by atoms with E-state index in [9.17, 15) is 9.50 Å². The van der Waals surface area contributed by atoms with Gasteiger partial charge in [-0.3, -0.25) is 0 Å². The SMILES string of the molecule is CC(NCCCO)c1cc(Br)cc(F)c1O. The Morgan fingerprint density at radius 1 is 1.50 bits per heavy atom. The molecule has 5 heteroatoms. The van der Waals surface area contributed by atoms with Gasteiger partial charge in [0.05, 0.1) is 0 Å². The summed E-state index contributed by atoms with van der Waals surface area (Å²) in [5.74, 6) is -0.965. The van der Waals surface area contributed by atoms with Crippen LogP contribution in [-0.4, -0.2) is 23.4 Å². The number of hydrogen-bond donors (Lipinski definition) is 3. The Hall–Kier alpha value is -0.650. The Balaban J connectivity index is 2.78. The van der Waals surface area contributed by atoms with Crippen molar-refractivity contribution in [2.45, 2.75) is 19.4 Å². The van der Waals surface area contributed by atoms with Gasteiger partial charge in [-0.15, -0.1) is 0 Å². The molecule has 0 spiro atoms. The number of phenols is 1. The Bertz CT molecular complexity index is 360. The maximum absolute atomic E-state index is 13.2. The average molecular weight is 292 g/mol. The predicted molar refractivity (Wildman–Crippen MR) is 63.9 cm³/mol. The zero-order chi connectivity index (χ0) is 12.1. The molecule has 0 saturated carbocycles. The molecular weight excluding hydrogens is 277 g/mol. The lowest BCUT2D eigenvalue weighted by Gasteiger charge is -2.16. The van der Waals surface area contributed by atoms with Crippen LogP contribution in [0.25, 0.3) is 0 Å². The highest BCUT2D eigenvalue weighted by molar-refractivity contribution is 9.10. The summed E-state index contributed by atoms with van der Waals surface area (Å²) < 4.78 is 13.8. The number of halogens is 2. The summed E-state index contributed by atoms with van der Waals surface area (Å²) in [5, 5.41) is 21.3. The molecule has 0 bridgehead atoms. The minimum atomic E-state index is -0.639. The lowest BCUT2D eigenvalue weighted by atomic mass is 10.1. The third-order valence-corrected chi connectivity index (χ3v) is 2.77. The lowest BCUT2D eigenvalue weighted by Crippen LogP contribution is -2.20. The van der Waals surface area contributed by atoms with E-state index in [0.29, 0.717) is 23.0 Å². The highest BCUT2D eigenvalue weighted by atomic mass is 79.9. The summed E-state index contributed by atoms with van der Waals surface area (Å²) in [6, 6.07) is 2.73. The first-order valence-corrected chi connectivity index (χ1v) is 5.87. The van der Waals surface area contributed by atoms with Crippen LogP contribution in [0.4, 0.5) is 4.39 Å². The minimum Gasteiger partial charge on any atom is -0.505 e. The molecule has 0 fully saturated rings. The molecule has 0 aliphatic carbocycles. The van der Waals surface area contributed by atoms with Gasteiger partial charge in [-0.2, -0.15) is 0 Å². The first-order valence-electron chi connectivity index (χ1n) is 5.08. The Morgan fingerprint density at radius 3 is 2.81 bits per heavy atom. The van der Waals surface area contributed by atoms with E-state index in [1.807, 2.05) is 6.92 Å². The van der Waals surface area contributed by atoms with Gasteiger partial charge < -0.3 is 15.5 Å². The largest absolute Gasteiger partial charge is 0.505 e. The number of benzene rings is 1. The normalized spacial score (nSPS) is 12.8. The number of hydrogen-bond acceptors (Lipinski definition) is 3. The van der Waals surface area contributed by atoms with E-state index >= 15 is 0 Å². The summed E-state index contributed by atoms with van der Waals surface area (Å²) in [5.41, 5.74) is 0.504. The highest BCUT2D eigenvalue weighted by Gasteiger charge is 2.14. The molecule has 90 valence electrons. The fourth-order valence-electron chi connectivity index (χ4n) is 1.42. The first kappa shape index (κ1) is 13.4. The second-order valence-corrected chi connectivity index (χ2v) is 4.49. The molecule has 1 rings (SSSR count). The van der Waals surface area contributed by atoms with E-state index in [0.717, 1.165) is 0 Å². The average Bonchev–Trinajstić information content (AvgIpc) is 2.23. The van der Waals surface area contributed by atoms with Crippen molar-refractivity contribution in [2.24, 2.45) is 0 Å². The summed E-state index contributed by atoms with van der Waals surface area (Å²) in [7, 11) is 0. The van der Waals surface area contributed by atoms with Crippen LogP contribution in [0.1, 0.15) is 24.9 Å². The Morgan fingerprint density at radius 2 is 2.19 bits per heavy atom. The molecule has 0 aliphatic heterocycles. The van der Waals surface area contributed by atoms with Gasteiger partial charge in [0, 0.05) is 22.7 Å². The molecule has 0 aromatic heterocycles. The quantitative estimate of drug-likeness (QED) is 0.730. The molecule has 0 aliphatic rings. The zero-order valence-electron chi connectivity index (χ0n) is 9.00. The molecule has 1 unspecified atom stereocenters. The summed E-state index contributed by atoms with van der Waals surface area (Å²) in [4.78, 5) is 0.